The molecule has 7 heteroatoms. The van der Waals surface area contributed by atoms with Gasteiger partial charge in [-0.15, -0.1) is 0 Å². The van der Waals surface area contributed by atoms with Gasteiger partial charge in [0.1, 0.15) is 0 Å². The average Bonchev–Trinajstić information content (AvgIpc) is 2.39. The number of carbonyl (C=O) groups excluding carboxylic acids is 1. The van der Waals surface area contributed by atoms with Gasteiger partial charge in [-0.2, -0.15) is 0 Å². The van der Waals surface area contributed by atoms with Crippen LogP contribution in [0.25, 0.3) is 0 Å². The summed E-state index contributed by atoms with van der Waals surface area (Å²) in [7, 11) is 3.24. The Morgan fingerprint density at radius 3 is 2.90 bits per heavy atom. The van der Waals surface area contributed by atoms with E-state index < -0.39 is 12.1 Å². The maximum absolute atomic E-state index is 11.7. The van der Waals surface area contributed by atoms with Crippen molar-refractivity contribution in [2.45, 2.75) is 13.0 Å². The Balaban J connectivity index is 2.90. The van der Waals surface area contributed by atoms with E-state index in [1.807, 2.05) is 0 Å². The molecule has 0 aliphatic rings. The van der Waals surface area contributed by atoms with E-state index in [9.17, 15) is 9.90 Å². The molecular weight excluding hydrogens is 262 g/mol. The summed E-state index contributed by atoms with van der Waals surface area (Å²) in [6.45, 7) is 2.50. The van der Waals surface area contributed by atoms with Crippen molar-refractivity contribution >= 4 is 17.5 Å². The molecule has 0 aromatic carbocycles. The van der Waals surface area contributed by atoms with Gasteiger partial charge < -0.3 is 25.2 Å². The number of aliphatic hydroxyl groups is 1. The average molecular weight is 283 g/mol. The molecule has 0 aliphatic heterocycles. The van der Waals surface area contributed by atoms with Gasteiger partial charge in [-0.1, -0.05) is 0 Å². The summed E-state index contributed by atoms with van der Waals surface area (Å²) in [6.07, 6.45) is 0.814. The third-order valence-electron chi connectivity index (χ3n) is 2.67. The maximum Gasteiger partial charge on any atom is 0.340 e. The normalized spacial score (nSPS) is 12.0. The van der Waals surface area contributed by atoms with E-state index in [-0.39, 0.29) is 31.0 Å². The van der Waals surface area contributed by atoms with Crippen LogP contribution < -0.4 is 10.6 Å². The summed E-state index contributed by atoms with van der Waals surface area (Å²) in [5.41, 5.74) is 6.45. The Kier molecular flexibility index (Phi) is 6.20. The Bertz CT molecular complexity index is 453. The molecule has 0 fully saturated rings. The molecule has 0 bridgehead atoms. The summed E-state index contributed by atoms with van der Waals surface area (Å²) in [6, 6.07) is 1.51. The monoisotopic (exact) mass is 283 g/mol. The molecule has 1 aromatic heterocycles. The molecule has 0 aliphatic carbocycles. The van der Waals surface area contributed by atoms with Crippen molar-refractivity contribution in [1.29, 1.82) is 0 Å². The van der Waals surface area contributed by atoms with Crippen LogP contribution in [0.15, 0.2) is 12.3 Å². The quantitative estimate of drug-likeness (QED) is 0.694. The third-order valence-corrected chi connectivity index (χ3v) is 2.67. The van der Waals surface area contributed by atoms with Crippen LogP contribution in [-0.2, 0) is 9.47 Å². The number of rotatable bonds is 7. The fourth-order valence-corrected chi connectivity index (χ4v) is 1.80. The molecule has 0 radical (unpaired) electrons. The second kappa shape index (κ2) is 7.66. The number of nitrogen functional groups attached to an aromatic ring is 1. The number of esters is 1. The SMILES string of the molecule is CCOC(=O)c1ccnc(N(C)CC(O)COC)c1N. The molecule has 0 amide bonds. The minimum Gasteiger partial charge on any atom is -0.462 e. The number of ether oxygens (including phenoxy) is 2. The van der Waals surface area contributed by atoms with Crippen LogP contribution in [-0.4, -0.2) is 56.1 Å². The number of hydrogen-bond acceptors (Lipinski definition) is 7. The highest BCUT2D eigenvalue weighted by Crippen LogP contribution is 2.23. The molecule has 20 heavy (non-hydrogen) atoms. The molecule has 3 N–H and O–H groups in total. The Labute approximate surface area is 118 Å². The van der Waals surface area contributed by atoms with Crippen LogP contribution in [0.5, 0.6) is 0 Å². The minimum absolute atomic E-state index is 0.210. The highest BCUT2D eigenvalue weighted by molar-refractivity contribution is 5.97. The lowest BCUT2D eigenvalue weighted by atomic mass is 10.2. The second-order valence-electron chi connectivity index (χ2n) is 4.31. The summed E-state index contributed by atoms with van der Waals surface area (Å²) in [5.74, 6) is -0.0646. The molecule has 0 spiro atoms. The number of nitrogens with zero attached hydrogens (tertiary/aromatic N) is 2. The number of methoxy groups -OCH3 is 1. The van der Waals surface area contributed by atoms with Crippen LogP contribution in [0, 0.1) is 0 Å². The van der Waals surface area contributed by atoms with Gasteiger partial charge in [-0.25, -0.2) is 9.78 Å². The largest absolute Gasteiger partial charge is 0.462 e. The fourth-order valence-electron chi connectivity index (χ4n) is 1.80. The van der Waals surface area contributed by atoms with Gasteiger partial charge in [-0.3, -0.25) is 0 Å². The predicted molar refractivity (Wildman–Crippen MR) is 75.8 cm³/mol. The van der Waals surface area contributed by atoms with Gasteiger partial charge >= 0.3 is 5.97 Å². The van der Waals surface area contributed by atoms with Crippen molar-refractivity contribution in [2.24, 2.45) is 0 Å². The zero-order valence-electron chi connectivity index (χ0n) is 12.0. The van der Waals surface area contributed by atoms with Gasteiger partial charge in [0.25, 0.3) is 0 Å². The molecule has 1 unspecified atom stereocenters. The van der Waals surface area contributed by atoms with Gasteiger partial charge in [0.2, 0.25) is 0 Å². The first-order valence-electron chi connectivity index (χ1n) is 6.31. The van der Waals surface area contributed by atoms with E-state index >= 15 is 0 Å². The Hall–Kier alpha value is -1.86. The first-order valence-corrected chi connectivity index (χ1v) is 6.31. The van der Waals surface area contributed by atoms with E-state index in [0.717, 1.165) is 0 Å². The molecule has 112 valence electrons. The predicted octanol–water partition coefficient (Wildman–Crippen LogP) is 0.284. The molecule has 1 aromatic rings. The molecule has 1 heterocycles. The highest BCUT2D eigenvalue weighted by atomic mass is 16.5. The second-order valence-corrected chi connectivity index (χ2v) is 4.31. The summed E-state index contributed by atoms with van der Waals surface area (Å²) in [4.78, 5) is 17.6. The number of carbonyl (C=O) groups is 1. The van der Waals surface area contributed by atoms with E-state index in [4.69, 9.17) is 15.2 Å². The van der Waals surface area contributed by atoms with Crippen LogP contribution in [0.2, 0.25) is 0 Å². The standard InChI is InChI=1S/C13H21N3O4/c1-4-20-13(18)10-5-6-15-12(11(10)14)16(2)7-9(17)8-19-3/h5-6,9,17H,4,7-8,14H2,1-3H3. The van der Waals surface area contributed by atoms with Crippen molar-refractivity contribution in [3.63, 3.8) is 0 Å². The minimum atomic E-state index is -0.669. The van der Waals surface area contributed by atoms with Crippen molar-refractivity contribution in [2.75, 3.05) is 44.5 Å². The molecular formula is C13H21N3O4. The zero-order valence-corrected chi connectivity index (χ0v) is 12.0. The number of likely N-dealkylation sites (N-methyl/N-ethyl adjacent to an activating group) is 1. The third kappa shape index (κ3) is 4.07. The Morgan fingerprint density at radius 1 is 1.60 bits per heavy atom. The van der Waals surface area contributed by atoms with E-state index in [2.05, 4.69) is 4.98 Å². The van der Waals surface area contributed by atoms with E-state index in [0.29, 0.717) is 5.82 Å². The molecule has 0 saturated heterocycles. The molecule has 1 atom stereocenters. The topological polar surface area (TPSA) is 97.9 Å². The lowest BCUT2D eigenvalue weighted by Gasteiger charge is -2.23. The fraction of sp³-hybridized carbons (Fsp3) is 0.538. The van der Waals surface area contributed by atoms with Gasteiger partial charge in [-0.05, 0) is 13.0 Å². The summed E-state index contributed by atoms with van der Waals surface area (Å²) >= 11 is 0. The number of pyridine rings is 1. The number of aliphatic hydroxyl groups excluding tert-OH is 1. The highest BCUT2D eigenvalue weighted by Gasteiger charge is 2.18. The van der Waals surface area contributed by atoms with Crippen LogP contribution in [0.4, 0.5) is 11.5 Å². The van der Waals surface area contributed by atoms with Crippen LogP contribution in [0.3, 0.4) is 0 Å². The smallest absolute Gasteiger partial charge is 0.340 e. The number of aromatic nitrogens is 1. The molecule has 1 rings (SSSR count). The van der Waals surface area contributed by atoms with Crippen molar-refractivity contribution in [3.05, 3.63) is 17.8 Å². The first-order chi connectivity index (χ1) is 9.51. The summed E-state index contributed by atoms with van der Waals surface area (Å²) < 4.78 is 9.79. The van der Waals surface area contributed by atoms with Crippen molar-refractivity contribution in [3.8, 4) is 0 Å². The number of anilines is 2. The molecule has 0 saturated carbocycles. The number of hydrogen-bond donors (Lipinski definition) is 2. The zero-order chi connectivity index (χ0) is 15.1. The number of nitrogens with two attached hydrogens (primary N) is 1. The van der Waals surface area contributed by atoms with Crippen molar-refractivity contribution < 1.29 is 19.4 Å². The summed E-state index contributed by atoms with van der Waals surface area (Å²) in [5, 5.41) is 9.71. The van der Waals surface area contributed by atoms with Gasteiger partial charge in [0.15, 0.2) is 5.82 Å². The van der Waals surface area contributed by atoms with Gasteiger partial charge in [0.05, 0.1) is 30.6 Å². The van der Waals surface area contributed by atoms with Crippen LogP contribution in [0.1, 0.15) is 17.3 Å². The lowest BCUT2D eigenvalue weighted by molar-refractivity contribution is 0.0527. The molecule has 7 nitrogen and oxygen atoms in total. The Morgan fingerprint density at radius 2 is 2.30 bits per heavy atom. The first kappa shape index (κ1) is 16.2. The van der Waals surface area contributed by atoms with E-state index in [1.54, 1.807) is 18.9 Å². The van der Waals surface area contributed by atoms with Crippen molar-refractivity contribution in [1.82, 2.24) is 4.98 Å². The maximum atomic E-state index is 11.7. The lowest BCUT2D eigenvalue weighted by Crippen LogP contribution is -2.33. The van der Waals surface area contributed by atoms with E-state index in [1.165, 1.54) is 19.4 Å². The van der Waals surface area contributed by atoms with Gasteiger partial charge in [0, 0.05) is 26.9 Å². The van der Waals surface area contributed by atoms with Crippen LogP contribution >= 0.6 is 0 Å².